The molecule has 4 heteroatoms. The van der Waals surface area contributed by atoms with Gasteiger partial charge in [-0.25, -0.2) is 0 Å². The van der Waals surface area contributed by atoms with Crippen molar-refractivity contribution in [3.63, 3.8) is 0 Å². The second-order valence-electron chi connectivity index (χ2n) is 6.08. The van der Waals surface area contributed by atoms with E-state index < -0.39 is 0 Å². The van der Waals surface area contributed by atoms with Gasteiger partial charge < -0.3 is 15.4 Å². The normalized spacial score (nSPS) is 23.0. The minimum absolute atomic E-state index is 0.0125. The molecule has 0 saturated carbocycles. The van der Waals surface area contributed by atoms with Gasteiger partial charge in [0.1, 0.15) is 5.75 Å². The van der Waals surface area contributed by atoms with Crippen LogP contribution in [-0.2, 0) is 0 Å². The second kappa shape index (κ2) is 6.57. The highest BCUT2D eigenvalue weighted by molar-refractivity contribution is 5.31. The van der Waals surface area contributed by atoms with Crippen LogP contribution in [0.5, 0.6) is 5.75 Å². The van der Waals surface area contributed by atoms with Gasteiger partial charge in [-0.3, -0.25) is 4.90 Å². The Morgan fingerprint density at radius 2 is 2.00 bits per heavy atom. The van der Waals surface area contributed by atoms with Crippen LogP contribution in [-0.4, -0.2) is 55.7 Å². The van der Waals surface area contributed by atoms with Crippen molar-refractivity contribution in [3.8, 4) is 5.75 Å². The maximum absolute atomic E-state index is 6.50. The summed E-state index contributed by atoms with van der Waals surface area (Å²) in [5.41, 5.74) is 7.65. The molecule has 2 atom stereocenters. The average Bonchev–Trinajstić information content (AvgIpc) is 2.40. The minimum Gasteiger partial charge on any atom is -0.491 e. The number of hydrogen-bond donors (Lipinski definition) is 1. The summed E-state index contributed by atoms with van der Waals surface area (Å²) in [5, 5.41) is 0. The van der Waals surface area contributed by atoms with Crippen LogP contribution in [0.4, 0.5) is 0 Å². The molecule has 2 N–H and O–H groups in total. The zero-order chi connectivity index (χ0) is 14.7. The molecule has 2 unspecified atom stereocenters. The van der Waals surface area contributed by atoms with Crippen LogP contribution in [0.15, 0.2) is 24.3 Å². The lowest BCUT2D eigenvalue weighted by Gasteiger charge is -2.40. The summed E-state index contributed by atoms with van der Waals surface area (Å²) in [6.45, 7) is 7.26. The Hall–Kier alpha value is -1.10. The molecule has 20 heavy (non-hydrogen) atoms. The highest BCUT2D eigenvalue weighted by Crippen LogP contribution is 2.24. The van der Waals surface area contributed by atoms with Gasteiger partial charge in [0.25, 0.3) is 0 Å². The van der Waals surface area contributed by atoms with E-state index in [1.54, 1.807) is 0 Å². The van der Waals surface area contributed by atoms with Gasteiger partial charge in [-0.1, -0.05) is 12.1 Å². The van der Waals surface area contributed by atoms with Crippen molar-refractivity contribution in [2.24, 2.45) is 5.73 Å². The average molecular weight is 277 g/mol. The smallest absolute Gasteiger partial charge is 0.120 e. The quantitative estimate of drug-likeness (QED) is 0.910. The van der Waals surface area contributed by atoms with E-state index in [2.05, 4.69) is 36.0 Å². The third kappa shape index (κ3) is 3.72. The highest BCUT2D eigenvalue weighted by Gasteiger charge is 2.28. The fourth-order valence-electron chi connectivity index (χ4n) is 2.72. The Morgan fingerprint density at radius 3 is 2.70 bits per heavy atom. The number of benzene rings is 1. The molecule has 1 aliphatic heterocycles. The molecule has 0 radical (unpaired) electrons. The van der Waals surface area contributed by atoms with Crippen LogP contribution in [0.25, 0.3) is 0 Å². The van der Waals surface area contributed by atoms with Crippen molar-refractivity contribution in [1.29, 1.82) is 0 Å². The summed E-state index contributed by atoms with van der Waals surface area (Å²) in [4.78, 5) is 4.71. The number of nitrogens with two attached hydrogens (primary N) is 1. The Labute approximate surface area is 122 Å². The Bertz CT molecular complexity index is 435. The van der Waals surface area contributed by atoms with E-state index in [1.165, 1.54) is 0 Å². The molecule has 1 aromatic carbocycles. The Morgan fingerprint density at radius 1 is 1.25 bits per heavy atom. The van der Waals surface area contributed by atoms with Crippen LogP contribution in [0.2, 0.25) is 0 Å². The number of ether oxygens (including phenoxy) is 1. The van der Waals surface area contributed by atoms with Gasteiger partial charge in [0.15, 0.2) is 0 Å². The van der Waals surface area contributed by atoms with E-state index in [4.69, 9.17) is 10.5 Å². The van der Waals surface area contributed by atoms with Crippen LogP contribution < -0.4 is 10.5 Å². The number of nitrogens with zero attached hydrogens (tertiary/aromatic N) is 2. The summed E-state index contributed by atoms with van der Waals surface area (Å²) >= 11 is 0. The van der Waals surface area contributed by atoms with Crippen molar-refractivity contribution in [3.05, 3.63) is 29.8 Å². The minimum atomic E-state index is 0.0125. The molecule has 0 aliphatic carbocycles. The lowest BCUT2D eigenvalue weighted by Crippen LogP contribution is -2.54. The van der Waals surface area contributed by atoms with Gasteiger partial charge >= 0.3 is 0 Å². The monoisotopic (exact) mass is 277 g/mol. The first-order valence-corrected chi connectivity index (χ1v) is 7.38. The summed E-state index contributed by atoms with van der Waals surface area (Å²) in [6, 6.07) is 8.56. The van der Waals surface area contributed by atoms with Crippen LogP contribution in [0.1, 0.15) is 25.5 Å². The van der Waals surface area contributed by atoms with E-state index >= 15 is 0 Å². The third-order valence-corrected chi connectivity index (χ3v) is 3.93. The molecule has 1 saturated heterocycles. The summed E-state index contributed by atoms with van der Waals surface area (Å²) in [6.07, 6.45) is 0.185. The SMILES string of the molecule is CC(C)Oc1cccc(C(N)C2CN(C)CCN2C)c1. The molecular formula is C16H27N3O. The van der Waals surface area contributed by atoms with Crippen molar-refractivity contribution < 1.29 is 4.74 Å². The maximum Gasteiger partial charge on any atom is 0.120 e. The molecule has 4 nitrogen and oxygen atoms in total. The first-order chi connectivity index (χ1) is 9.47. The summed E-state index contributed by atoms with van der Waals surface area (Å²) in [5.74, 6) is 0.903. The summed E-state index contributed by atoms with van der Waals surface area (Å²) < 4.78 is 5.76. The van der Waals surface area contributed by atoms with Gasteiger partial charge in [-0.05, 0) is 45.6 Å². The maximum atomic E-state index is 6.50. The Balaban J connectivity index is 2.13. The largest absolute Gasteiger partial charge is 0.491 e. The predicted octanol–water partition coefficient (Wildman–Crippen LogP) is 1.72. The lowest BCUT2D eigenvalue weighted by molar-refractivity contribution is 0.0973. The topological polar surface area (TPSA) is 41.7 Å². The zero-order valence-corrected chi connectivity index (χ0v) is 13.0. The highest BCUT2D eigenvalue weighted by atomic mass is 16.5. The fraction of sp³-hybridized carbons (Fsp3) is 0.625. The predicted molar refractivity (Wildman–Crippen MR) is 83.0 cm³/mol. The molecule has 2 rings (SSSR count). The van der Waals surface area contributed by atoms with E-state index in [9.17, 15) is 0 Å². The zero-order valence-electron chi connectivity index (χ0n) is 13.0. The van der Waals surface area contributed by atoms with Gasteiger partial charge in [-0.15, -0.1) is 0 Å². The number of piperazine rings is 1. The lowest BCUT2D eigenvalue weighted by atomic mass is 9.97. The first kappa shape index (κ1) is 15.3. The number of hydrogen-bond acceptors (Lipinski definition) is 4. The first-order valence-electron chi connectivity index (χ1n) is 7.38. The van der Waals surface area contributed by atoms with Crippen LogP contribution >= 0.6 is 0 Å². The molecule has 0 spiro atoms. The standard InChI is InChI=1S/C16H27N3O/c1-12(2)20-14-7-5-6-13(10-14)16(17)15-11-18(3)8-9-19(15)4/h5-7,10,12,15-16H,8-9,11,17H2,1-4H3. The molecule has 0 amide bonds. The number of likely N-dealkylation sites (N-methyl/N-ethyl adjacent to an activating group) is 2. The fourth-order valence-corrected chi connectivity index (χ4v) is 2.72. The molecule has 0 aromatic heterocycles. The van der Waals surface area contributed by atoms with E-state index in [0.29, 0.717) is 6.04 Å². The molecule has 112 valence electrons. The van der Waals surface area contributed by atoms with Crippen molar-refractivity contribution in [2.45, 2.75) is 32.0 Å². The molecule has 1 heterocycles. The van der Waals surface area contributed by atoms with E-state index in [0.717, 1.165) is 30.9 Å². The van der Waals surface area contributed by atoms with Gasteiger partial charge in [0, 0.05) is 31.7 Å². The van der Waals surface area contributed by atoms with E-state index in [-0.39, 0.29) is 12.1 Å². The van der Waals surface area contributed by atoms with E-state index in [1.807, 2.05) is 26.0 Å². The third-order valence-electron chi connectivity index (χ3n) is 3.93. The van der Waals surface area contributed by atoms with Gasteiger partial charge in [0.2, 0.25) is 0 Å². The molecule has 1 aromatic rings. The van der Waals surface area contributed by atoms with Crippen molar-refractivity contribution in [2.75, 3.05) is 33.7 Å². The van der Waals surface area contributed by atoms with Crippen LogP contribution in [0.3, 0.4) is 0 Å². The van der Waals surface area contributed by atoms with Crippen LogP contribution in [0, 0.1) is 0 Å². The summed E-state index contributed by atoms with van der Waals surface area (Å²) in [7, 11) is 4.32. The molecule has 1 fully saturated rings. The molecule has 0 bridgehead atoms. The second-order valence-corrected chi connectivity index (χ2v) is 6.08. The Kier molecular flexibility index (Phi) is 5.02. The number of rotatable bonds is 4. The van der Waals surface area contributed by atoms with Crippen molar-refractivity contribution >= 4 is 0 Å². The molecular weight excluding hydrogens is 250 g/mol. The van der Waals surface area contributed by atoms with Crippen molar-refractivity contribution in [1.82, 2.24) is 9.80 Å². The molecule has 1 aliphatic rings. The van der Waals surface area contributed by atoms with Gasteiger partial charge in [-0.2, -0.15) is 0 Å². The van der Waals surface area contributed by atoms with Gasteiger partial charge in [0.05, 0.1) is 6.10 Å².